The van der Waals surface area contributed by atoms with Crippen LogP contribution >= 0.6 is 0 Å². The Morgan fingerprint density at radius 2 is 1.75 bits per heavy atom. The molecule has 2 unspecified atom stereocenters. The number of nitrogens with one attached hydrogen (secondary N) is 2. The largest absolute Gasteiger partial charge is 0.467 e. The van der Waals surface area contributed by atoms with Gasteiger partial charge in [0.1, 0.15) is 6.04 Å². The fourth-order valence-corrected chi connectivity index (χ4v) is 1.24. The summed E-state index contributed by atoms with van der Waals surface area (Å²) in [5.74, 6) is -0.362. The summed E-state index contributed by atoms with van der Waals surface area (Å²) in [7, 11) is 1.32. The van der Waals surface area contributed by atoms with E-state index >= 15 is 0 Å². The summed E-state index contributed by atoms with van der Waals surface area (Å²) < 4.78 is 4.66. The van der Waals surface area contributed by atoms with E-state index in [-0.39, 0.29) is 18.0 Å². The number of carbonyl (C=O) groups is 2. The van der Waals surface area contributed by atoms with Gasteiger partial charge >= 0.3 is 12.0 Å². The molecular weight excluding hydrogens is 208 g/mol. The third-order valence-electron chi connectivity index (χ3n) is 2.37. The topological polar surface area (TPSA) is 67.4 Å². The van der Waals surface area contributed by atoms with Crippen LogP contribution in [0.3, 0.4) is 0 Å². The molecule has 5 heteroatoms. The van der Waals surface area contributed by atoms with Crippen LogP contribution in [0.15, 0.2) is 0 Å². The molecule has 0 heterocycles. The summed E-state index contributed by atoms with van der Waals surface area (Å²) in [5, 5.41) is 5.30. The minimum Gasteiger partial charge on any atom is -0.467 e. The van der Waals surface area contributed by atoms with E-state index in [0.717, 1.165) is 6.42 Å². The predicted octanol–water partition coefficient (Wildman–Crippen LogP) is 1.28. The van der Waals surface area contributed by atoms with Gasteiger partial charge in [0.15, 0.2) is 0 Å². The average Bonchev–Trinajstić information content (AvgIpc) is 2.22. The van der Waals surface area contributed by atoms with Gasteiger partial charge in [0.25, 0.3) is 0 Å². The molecule has 5 nitrogen and oxygen atoms in total. The van der Waals surface area contributed by atoms with Crippen molar-refractivity contribution in [2.24, 2.45) is 5.92 Å². The minimum absolute atomic E-state index is 0.0372. The Labute approximate surface area is 96.9 Å². The van der Waals surface area contributed by atoms with E-state index in [2.05, 4.69) is 15.4 Å². The predicted molar refractivity (Wildman–Crippen MR) is 62.1 cm³/mol. The molecule has 16 heavy (non-hydrogen) atoms. The Balaban J connectivity index is 4.43. The van der Waals surface area contributed by atoms with Gasteiger partial charge in [-0.25, -0.2) is 9.59 Å². The van der Waals surface area contributed by atoms with Crippen molar-refractivity contribution < 1.29 is 14.3 Å². The van der Waals surface area contributed by atoms with Crippen LogP contribution in [0.25, 0.3) is 0 Å². The molecule has 0 aromatic rings. The van der Waals surface area contributed by atoms with Gasteiger partial charge in [-0.15, -0.1) is 0 Å². The van der Waals surface area contributed by atoms with Crippen molar-refractivity contribution in [2.75, 3.05) is 7.11 Å². The molecular formula is C11H22N2O3. The van der Waals surface area contributed by atoms with Crippen LogP contribution in [0.5, 0.6) is 0 Å². The molecule has 0 fully saturated rings. The number of urea groups is 1. The lowest BCUT2D eigenvalue weighted by atomic mass is 9.99. The maximum atomic E-state index is 11.5. The molecule has 0 aromatic carbocycles. The van der Waals surface area contributed by atoms with E-state index in [1.807, 2.05) is 27.7 Å². The van der Waals surface area contributed by atoms with Gasteiger partial charge in [0, 0.05) is 6.04 Å². The van der Waals surface area contributed by atoms with Gasteiger partial charge < -0.3 is 15.4 Å². The number of rotatable bonds is 5. The zero-order valence-corrected chi connectivity index (χ0v) is 10.7. The Morgan fingerprint density at radius 3 is 2.12 bits per heavy atom. The number of ether oxygens (including phenoxy) is 1. The van der Waals surface area contributed by atoms with Gasteiger partial charge in [-0.3, -0.25) is 0 Å². The Bertz CT molecular complexity index is 241. The van der Waals surface area contributed by atoms with Crippen LogP contribution < -0.4 is 10.6 Å². The number of methoxy groups -OCH3 is 1. The molecule has 0 bridgehead atoms. The zero-order chi connectivity index (χ0) is 12.7. The number of hydrogen-bond donors (Lipinski definition) is 2. The highest BCUT2D eigenvalue weighted by Gasteiger charge is 2.26. The van der Waals surface area contributed by atoms with Crippen molar-refractivity contribution in [3.63, 3.8) is 0 Å². The summed E-state index contributed by atoms with van der Waals surface area (Å²) in [6.07, 6.45) is 0.793. The summed E-state index contributed by atoms with van der Waals surface area (Å²) in [6, 6.07) is -0.894. The van der Waals surface area contributed by atoms with E-state index in [1.165, 1.54) is 7.11 Å². The van der Waals surface area contributed by atoms with Crippen LogP contribution in [0.1, 0.15) is 34.1 Å². The smallest absolute Gasteiger partial charge is 0.328 e. The molecule has 0 spiro atoms. The lowest BCUT2D eigenvalue weighted by Crippen LogP contribution is -2.50. The summed E-state index contributed by atoms with van der Waals surface area (Å²) >= 11 is 0. The molecule has 2 amide bonds. The second kappa shape index (κ2) is 7.09. The molecule has 0 radical (unpaired) electrons. The van der Waals surface area contributed by atoms with Gasteiger partial charge in [0.2, 0.25) is 0 Å². The van der Waals surface area contributed by atoms with Gasteiger partial charge in [-0.05, 0) is 19.8 Å². The molecule has 2 N–H and O–H groups in total. The molecule has 0 rings (SSSR count). The zero-order valence-electron chi connectivity index (χ0n) is 10.7. The van der Waals surface area contributed by atoms with Crippen molar-refractivity contribution in [2.45, 2.75) is 46.2 Å². The minimum atomic E-state index is -0.589. The quantitative estimate of drug-likeness (QED) is 0.699. The first-order valence-corrected chi connectivity index (χ1v) is 5.57. The maximum Gasteiger partial charge on any atom is 0.328 e. The van der Waals surface area contributed by atoms with Crippen LogP contribution in [-0.4, -0.2) is 31.2 Å². The molecule has 0 aromatic heterocycles. The summed E-state index contributed by atoms with van der Waals surface area (Å²) in [4.78, 5) is 22.9. The number of carbonyl (C=O) groups excluding carboxylic acids is 2. The third-order valence-corrected chi connectivity index (χ3v) is 2.37. The van der Waals surface area contributed by atoms with Gasteiger partial charge in [-0.2, -0.15) is 0 Å². The first-order chi connectivity index (χ1) is 7.42. The number of amides is 2. The monoisotopic (exact) mass is 230 g/mol. The standard InChI is InChI=1S/C11H22N2O3/c1-6-8(4)9(10(14)16-5)13-11(15)12-7(2)3/h7-9H,6H2,1-5H3,(H2,12,13,15). The lowest BCUT2D eigenvalue weighted by molar-refractivity contribution is -0.144. The molecule has 0 saturated carbocycles. The fraction of sp³-hybridized carbons (Fsp3) is 0.818. The van der Waals surface area contributed by atoms with Crippen LogP contribution in [0, 0.1) is 5.92 Å². The molecule has 0 saturated heterocycles. The van der Waals surface area contributed by atoms with E-state index in [1.54, 1.807) is 0 Å². The van der Waals surface area contributed by atoms with Crippen molar-refractivity contribution in [3.05, 3.63) is 0 Å². The molecule has 0 aliphatic rings. The highest BCUT2D eigenvalue weighted by Crippen LogP contribution is 2.08. The second-order valence-electron chi connectivity index (χ2n) is 4.16. The summed E-state index contributed by atoms with van der Waals surface area (Å²) in [6.45, 7) is 7.58. The van der Waals surface area contributed by atoms with Crippen molar-refractivity contribution in [3.8, 4) is 0 Å². The van der Waals surface area contributed by atoms with Crippen molar-refractivity contribution in [1.29, 1.82) is 0 Å². The molecule has 94 valence electrons. The van der Waals surface area contributed by atoms with Crippen molar-refractivity contribution >= 4 is 12.0 Å². The Morgan fingerprint density at radius 1 is 1.19 bits per heavy atom. The van der Waals surface area contributed by atoms with Crippen molar-refractivity contribution in [1.82, 2.24) is 10.6 Å². The maximum absolute atomic E-state index is 11.5. The van der Waals surface area contributed by atoms with E-state index < -0.39 is 12.0 Å². The SMILES string of the molecule is CCC(C)C(NC(=O)NC(C)C)C(=O)OC. The molecule has 2 atom stereocenters. The van der Waals surface area contributed by atoms with Gasteiger partial charge in [-0.1, -0.05) is 20.3 Å². The van der Waals surface area contributed by atoms with Gasteiger partial charge in [0.05, 0.1) is 7.11 Å². The van der Waals surface area contributed by atoms with E-state index in [0.29, 0.717) is 0 Å². The van der Waals surface area contributed by atoms with E-state index in [4.69, 9.17) is 0 Å². The highest BCUT2D eigenvalue weighted by atomic mass is 16.5. The second-order valence-corrected chi connectivity index (χ2v) is 4.16. The van der Waals surface area contributed by atoms with Crippen LogP contribution in [0.4, 0.5) is 4.79 Å². The van der Waals surface area contributed by atoms with Crippen LogP contribution in [-0.2, 0) is 9.53 Å². The number of esters is 1. The lowest BCUT2D eigenvalue weighted by Gasteiger charge is -2.22. The normalized spacial score (nSPS) is 14.1. The number of hydrogen-bond acceptors (Lipinski definition) is 3. The Hall–Kier alpha value is -1.26. The third kappa shape index (κ3) is 5.00. The molecule has 0 aliphatic heterocycles. The summed E-state index contributed by atoms with van der Waals surface area (Å²) in [5.41, 5.74) is 0. The first-order valence-electron chi connectivity index (χ1n) is 5.57. The highest BCUT2D eigenvalue weighted by molar-refractivity contribution is 5.83. The fourth-order valence-electron chi connectivity index (χ4n) is 1.24. The molecule has 0 aliphatic carbocycles. The van der Waals surface area contributed by atoms with E-state index in [9.17, 15) is 9.59 Å². The van der Waals surface area contributed by atoms with Crippen LogP contribution in [0.2, 0.25) is 0 Å². The average molecular weight is 230 g/mol. The Kier molecular flexibility index (Phi) is 6.53. The first kappa shape index (κ1) is 14.7.